The van der Waals surface area contributed by atoms with Crippen molar-refractivity contribution < 1.29 is 9.53 Å². The molecule has 2 heteroatoms. The molecule has 2 atom stereocenters. The minimum absolute atomic E-state index is 0.125. The zero-order valence-corrected chi connectivity index (χ0v) is 6.18. The molecule has 1 aliphatic heterocycles. The number of esters is 1. The molecule has 2 unspecified atom stereocenters. The Hall–Kier alpha value is -0.970. The van der Waals surface area contributed by atoms with Crippen molar-refractivity contribution in [2.75, 3.05) is 0 Å². The summed E-state index contributed by atoms with van der Waals surface area (Å²) in [5.41, 5.74) is 0. The van der Waals surface area contributed by atoms with Crippen LogP contribution in [-0.2, 0) is 9.53 Å². The van der Waals surface area contributed by atoms with E-state index in [0.29, 0.717) is 6.42 Å². The number of cyclic esters (lactones) is 1. The van der Waals surface area contributed by atoms with Gasteiger partial charge in [-0.15, -0.1) is 5.92 Å². The van der Waals surface area contributed by atoms with Crippen molar-refractivity contribution in [1.29, 1.82) is 0 Å². The van der Waals surface area contributed by atoms with Crippen molar-refractivity contribution in [3.63, 3.8) is 0 Å². The van der Waals surface area contributed by atoms with Gasteiger partial charge in [0, 0.05) is 5.92 Å². The van der Waals surface area contributed by atoms with Crippen LogP contribution < -0.4 is 0 Å². The van der Waals surface area contributed by atoms with E-state index in [1.165, 1.54) is 0 Å². The molecule has 10 heavy (non-hydrogen) atoms. The Morgan fingerprint density at radius 2 is 2.40 bits per heavy atom. The van der Waals surface area contributed by atoms with E-state index in [9.17, 15) is 4.79 Å². The Morgan fingerprint density at radius 3 is 2.80 bits per heavy atom. The second-order valence-corrected chi connectivity index (χ2v) is 2.49. The molecule has 0 aliphatic carbocycles. The summed E-state index contributed by atoms with van der Waals surface area (Å²) in [7, 11) is 0. The third-order valence-electron chi connectivity index (χ3n) is 1.55. The van der Waals surface area contributed by atoms with E-state index in [-0.39, 0.29) is 18.0 Å². The van der Waals surface area contributed by atoms with Gasteiger partial charge in [-0.3, -0.25) is 4.79 Å². The van der Waals surface area contributed by atoms with Gasteiger partial charge < -0.3 is 4.74 Å². The largest absolute Gasteiger partial charge is 0.449 e. The van der Waals surface area contributed by atoms with Crippen LogP contribution in [0.4, 0.5) is 0 Å². The van der Waals surface area contributed by atoms with E-state index in [1.807, 2.05) is 6.92 Å². The number of ether oxygens (including phenoxy) is 1. The first kappa shape index (κ1) is 7.14. The van der Waals surface area contributed by atoms with Crippen LogP contribution in [0.2, 0.25) is 0 Å². The molecule has 1 saturated heterocycles. The molecule has 0 aromatic rings. The summed E-state index contributed by atoms with van der Waals surface area (Å²) in [6.45, 7) is 3.72. The van der Waals surface area contributed by atoms with Crippen LogP contribution in [-0.4, -0.2) is 12.1 Å². The van der Waals surface area contributed by atoms with E-state index >= 15 is 0 Å². The lowest BCUT2D eigenvalue weighted by Gasteiger charge is -2.03. The van der Waals surface area contributed by atoms with Crippen molar-refractivity contribution in [1.82, 2.24) is 0 Å². The standard InChI is InChI=1S/C8H10O2/c1-3-4-7-6(2)5-8(9)10-7/h6-7H,5H2,1-2H3. The summed E-state index contributed by atoms with van der Waals surface area (Å²) < 4.78 is 4.90. The smallest absolute Gasteiger partial charge is 0.307 e. The first-order valence-electron chi connectivity index (χ1n) is 3.36. The lowest BCUT2D eigenvalue weighted by atomic mass is 10.1. The lowest BCUT2D eigenvalue weighted by molar-refractivity contribution is -0.139. The van der Waals surface area contributed by atoms with Crippen molar-refractivity contribution in [3.05, 3.63) is 0 Å². The molecule has 0 radical (unpaired) electrons. The minimum Gasteiger partial charge on any atom is -0.449 e. The summed E-state index contributed by atoms with van der Waals surface area (Å²) in [6, 6.07) is 0. The maximum absolute atomic E-state index is 10.6. The molecule has 0 aromatic carbocycles. The third kappa shape index (κ3) is 1.30. The maximum atomic E-state index is 10.6. The molecule has 1 rings (SSSR count). The molecule has 54 valence electrons. The summed E-state index contributed by atoms with van der Waals surface area (Å²) in [4.78, 5) is 10.6. The number of carbonyl (C=O) groups excluding carboxylic acids is 1. The second-order valence-electron chi connectivity index (χ2n) is 2.49. The van der Waals surface area contributed by atoms with Crippen LogP contribution >= 0.6 is 0 Å². The molecular formula is C8H10O2. The average Bonchev–Trinajstić information content (AvgIpc) is 2.13. The highest BCUT2D eigenvalue weighted by molar-refractivity contribution is 5.72. The van der Waals surface area contributed by atoms with E-state index in [2.05, 4.69) is 11.8 Å². The maximum Gasteiger partial charge on any atom is 0.307 e. The minimum atomic E-state index is -0.155. The van der Waals surface area contributed by atoms with Gasteiger partial charge in [0.2, 0.25) is 0 Å². The van der Waals surface area contributed by atoms with Gasteiger partial charge in [-0.25, -0.2) is 0 Å². The molecule has 0 saturated carbocycles. The first-order chi connectivity index (χ1) is 4.74. The van der Waals surface area contributed by atoms with Gasteiger partial charge in [0.1, 0.15) is 0 Å². The van der Waals surface area contributed by atoms with Gasteiger partial charge in [-0.1, -0.05) is 12.8 Å². The molecule has 1 fully saturated rings. The Kier molecular flexibility index (Phi) is 1.96. The Morgan fingerprint density at radius 1 is 1.70 bits per heavy atom. The summed E-state index contributed by atoms with van der Waals surface area (Å²) in [5.74, 6) is 5.70. The van der Waals surface area contributed by atoms with E-state index in [4.69, 9.17) is 4.74 Å². The van der Waals surface area contributed by atoms with Crippen molar-refractivity contribution in [2.24, 2.45) is 5.92 Å². The van der Waals surface area contributed by atoms with Gasteiger partial charge in [-0.2, -0.15) is 0 Å². The van der Waals surface area contributed by atoms with Crippen molar-refractivity contribution >= 4 is 5.97 Å². The molecule has 2 nitrogen and oxygen atoms in total. The van der Waals surface area contributed by atoms with E-state index in [0.717, 1.165) is 0 Å². The van der Waals surface area contributed by atoms with Crippen LogP contribution in [0.5, 0.6) is 0 Å². The number of hydrogen-bond acceptors (Lipinski definition) is 2. The van der Waals surface area contributed by atoms with Crippen LogP contribution in [0.25, 0.3) is 0 Å². The predicted molar refractivity (Wildman–Crippen MR) is 37.1 cm³/mol. The lowest BCUT2D eigenvalue weighted by Crippen LogP contribution is -2.09. The fourth-order valence-electron chi connectivity index (χ4n) is 0.990. The first-order valence-corrected chi connectivity index (χ1v) is 3.36. The topological polar surface area (TPSA) is 26.3 Å². The highest BCUT2D eigenvalue weighted by atomic mass is 16.5. The number of carbonyl (C=O) groups is 1. The predicted octanol–water partition coefficient (Wildman–Crippen LogP) is 0.961. The Labute approximate surface area is 60.6 Å². The summed E-state index contributed by atoms with van der Waals surface area (Å²) >= 11 is 0. The molecule has 1 heterocycles. The van der Waals surface area contributed by atoms with Crippen LogP contribution in [0.15, 0.2) is 0 Å². The van der Waals surface area contributed by atoms with Crippen molar-refractivity contribution in [2.45, 2.75) is 26.4 Å². The normalized spacial score (nSPS) is 30.8. The van der Waals surface area contributed by atoms with Gasteiger partial charge >= 0.3 is 5.97 Å². The quantitative estimate of drug-likeness (QED) is 0.368. The molecule has 0 spiro atoms. The average molecular weight is 138 g/mol. The molecule has 0 amide bonds. The second kappa shape index (κ2) is 2.74. The zero-order valence-electron chi connectivity index (χ0n) is 6.18. The van der Waals surface area contributed by atoms with Gasteiger partial charge in [0.25, 0.3) is 0 Å². The van der Waals surface area contributed by atoms with Gasteiger partial charge in [0.05, 0.1) is 6.42 Å². The van der Waals surface area contributed by atoms with Gasteiger partial charge in [0.15, 0.2) is 6.10 Å². The molecule has 0 bridgehead atoms. The monoisotopic (exact) mass is 138 g/mol. The van der Waals surface area contributed by atoms with Crippen LogP contribution in [0, 0.1) is 17.8 Å². The summed E-state index contributed by atoms with van der Waals surface area (Å²) in [5, 5.41) is 0. The molecular weight excluding hydrogens is 128 g/mol. The Bertz CT molecular complexity index is 197. The number of rotatable bonds is 0. The van der Waals surface area contributed by atoms with E-state index < -0.39 is 0 Å². The molecule has 0 aromatic heterocycles. The highest BCUT2D eigenvalue weighted by Crippen LogP contribution is 2.20. The number of hydrogen-bond donors (Lipinski definition) is 0. The third-order valence-corrected chi connectivity index (χ3v) is 1.55. The van der Waals surface area contributed by atoms with Gasteiger partial charge in [-0.05, 0) is 6.92 Å². The van der Waals surface area contributed by atoms with Crippen LogP contribution in [0.3, 0.4) is 0 Å². The molecule has 1 aliphatic rings. The fraction of sp³-hybridized carbons (Fsp3) is 0.625. The van der Waals surface area contributed by atoms with E-state index in [1.54, 1.807) is 6.92 Å². The van der Waals surface area contributed by atoms with Crippen molar-refractivity contribution in [3.8, 4) is 11.8 Å². The van der Waals surface area contributed by atoms with Crippen LogP contribution in [0.1, 0.15) is 20.3 Å². The SMILES string of the molecule is CC#CC1OC(=O)CC1C. The molecule has 0 N–H and O–H groups in total. The highest BCUT2D eigenvalue weighted by Gasteiger charge is 2.29. The zero-order chi connectivity index (χ0) is 7.56. The fourth-order valence-corrected chi connectivity index (χ4v) is 0.990. The summed E-state index contributed by atoms with van der Waals surface area (Å²) in [6.07, 6.45) is 0.358. The Balaban J connectivity index is 2.60.